The fourth-order valence-corrected chi connectivity index (χ4v) is 5.75. The van der Waals surface area contributed by atoms with E-state index in [1.807, 2.05) is 11.9 Å². The molecule has 2 aliphatic heterocycles. The summed E-state index contributed by atoms with van der Waals surface area (Å²) in [7, 11) is 0.243. The van der Waals surface area contributed by atoms with Crippen LogP contribution in [-0.2, 0) is 14.8 Å². The zero-order valence-electron chi connectivity index (χ0n) is 18.0. The number of rotatable bonds is 7. The van der Waals surface area contributed by atoms with Gasteiger partial charge in [-0.3, -0.25) is 9.69 Å². The Morgan fingerprint density at radius 2 is 1.83 bits per heavy atom. The first-order chi connectivity index (χ1) is 14.3. The van der Waals surface area contributed by atoms with Crippen molar-refractivity contribution in [3.05, 3.63) is 30.1 Å². The summed E-state index contributed by atoms with van der Waals surface area (Å²) < 4.78 is 40.6. The Kier molecular flexibility index (Phi) is 7.84. The molecule has 0 unspecified atom stereocenters. The molecule has 2 fully saturated rings. The Labute approximate surface area is 179 Å². The topological polar surface area (TPSA) is 64.2 Å². The van der Waals surface area contributed by atoms with E-state index in [0.29, 0.717) is 25.7 Å². The maximum atomic E-state index is 13.9. The lowest BCUT2D eigenvalue weighted by atomic mass is 10.00. The van der Waals surface area contributed by atoms with Crippen molar-refractivity contribution in [2.75, 3.05) is 59.9 Å². The fraction of sp³-hybridized carbons (Fsp3) is 0.667. The number of benzene rings is 1. The third-order valence-electron chi connectivity index (χ3n) is 6.22. The Balaban J connectivity index is 1.46. The maximum Gasteiger partial charge on any atom is 0.246 e. The molecule has 0 bridgehead atoms. The van der Waals surface area contributed by atoms with Gasteiger partial charge in [-0.15, -0.1) is 0 Å². The van der Waals surface area contributed by atoms with E-state index in [4.69, 9.17) is 0 Å². The lowest BCUT2D eigenvalue weighted by Crippen LogP contribution is -2.52. The van der Waals surface area contributed by atoms with Crippen LogP contribution in [0.3, 0.4) is 0 Å². The molecule has 1 aromatic carbocycles. The number of hydrogen-bond acceptors (Lipinski definition) is 5. The quantitative estimate of drug-likeness (QED) is 0.643. The number of likely N-dealkylation sites (tertiary alicyclic amines) is 1. The van der Waals surface area contributed by atoms with Crippen molar-refractivity contribution in [3.8, 4) is 0 Å². The van der Waals surface area contributed by atoms with Crippen LogP contribution < -0.4 is 0 Å². The van der Waals surface area contributed by atoms with E-state index in [-0.39, 0.29) is 23.9 Å². The normalized spacial score (nSPS) is 21.9. The van der Waals surface area contributed by atoms with Crippen molar-refractivity contribution < 1.29 is 17.6 Å². The van der Waals surface area contributed by atoms with E-state index in [1.54, 1.807) is 4.90 Å². The molecule has 0 N–H and O–H groups in total. The highest BCUT2D eigenvalue weighted by Crippen LogP contribution is 2.21. The minimum absolute atomic E-state index is 0.0115. The molecule has 1 atom stereocenters. The van der Waals surface area contributed by atoms with Crippen molar-refractivity contribution >= 4 is 15.9 Å². The van der Waals surface area contributed by atoms with Gasteiger partial charge in [-0.2, -0.15) is 4.31 Å². The predicted octanol–water partition coefficient (Wildman–Crippen LogP) is 1.46. The molecule has 9 heteroatoms. The summed E-state index contributed by atoms with van der Waals surface area (Å²) in [5, 5.41) is 0. The minimum Gasteiger partial charge on any atom is -0.339 e. The molecule has 2 saturated heterocycles. The fourth-order valence-electron chi connectivity index (χ4n) is 4.26. The number of halogens is 1. The number of sulfonamides is 1. The van der Waals surface area contributed by atoms with E-state index in [2.05, 4.69) is 11.9 Å². The van der Waals surface area contributed by atoms with Gasteiger partial charge in [-0.1, -0.05) is 18.6 Å². The average Bonchev–Trinajstić information content (AvgIpc) is 2.73. The van der Waals surface area contributed by atoms with Gasteiger partial charge in [0.2, 0.25) is 15.9 Å². The monoisotopic (exact) mass is 440 g/mol. The molecule has 7 nitrogen and oxygen atoms in total. The van der Waals surface area contributed by atoms with E-state index >= 15 is 0 Å². The Morgan fingerprint density at radius 1 is 1.13 bits per heavy atom. The minimum atomic E-state index is -3.89. The molecule has 0 radical (unpaired) electrons. The van der Waals surface area contributed by atoms with Crippen LogP contribution in [0.4, 0.5) is 4.39 Å². The highest BCUT2D eigenvalue weighted by molar-refractivity contribution is 7.89. The van der Waals surface area contributed by atoms with Crippen molar-refractivity contribution in [1.82, 2.24) is 19.0 Å². The van der Waals surface area contributed by atoms with Crippen LogP contribution in [-0.4, -0.2) is 99.3 Å². The lowest BCUT2D eigenvalue weighted by Gasteiger charge is -2.35. The first-order valence-electron chi connectivity index (χ1n) is 10.7. The van der Waals surface area contributed by atoms with Gasteiger partial charge in [0, 0.05) is 32.2 Å². The molecule has 1 aromatic rings. The van der Waals surface area contributed by atoms with E-state index in [1.165, 1.54) is 41.8 Å². The first-order valence-corrected chi connectivity index (χ1v) is 12.1. The van der Waals surface area contributed by atoms with Crippen molar-refractivity contribution in [1.29, 1.82) is 0 Å². The number of carbonyl (C=O) groups excluding carboxylic acids is 1. The van der Waals surface area contributed by atoms with Crippen LogP contribution >= 0.6 is 0 Å². The summed E-state index contributed by atoms with van der Waals surface area (Å²) in [5.41, 5.74) is 0. The van der Waals surface area contributed by atoms with Gasteiger partial charge in [-0.05, 0) is 58.6 Å². The van der Waals surface area contributed by atoms with Gasteiger partial charge < -0.3 is 9.80 Å². The smallest absolute Gasteiger partial charge is 0.246 e. The molecular weight excluding hydrogens is 407 g/mol. The molecule has 30 heavy (non-hydrogen) atoms. The molecule has 1 amide bonds. The highest BCUT2D eigenvalue weighted by Gasteiger charge is 2.32. The average molecular weight is 441 g/mol. The molecule has 0 spiro atoms. The molecule has 2 aliphatic rings. The van der Waals surface area contributed by atoms with Gasteiger partial charge in [0.05, 0.1) is 6.54 Å². The number of likely N-dealkylation sites (N-methyl/N-ethyl adjacent to an activating group) is 1. The standard InChI is InChI=1S/C21H33FN4O3S/c1-23(12-10-18-7-5-6-11-24(18)2)17-21(27)25-13-15-26(16-14-25)30(28,29)20-9-4-3-8-19(20)22/h3-4,8-9,18H,5-7,10-17H2,1-2H3/t18-/m0/s1. The number of piperidine rings is 1. The number of amides is 1. The van der Waals surface area contributed by atoms with Gasteiger partial charge in [0.15, 0.2) is 0 Å². The molecule has 0 aliphatic carbocycles. The van der Waals surface area contributed by atoms with Gasteiger partial charge >= 0.3 is 0 Å². The summed E-state index contributed by atoms with van der Waals surface area (Å²) in [5.74, 6) is -0.737. The summed E-state index contributed by atoms with van der Waals surface area (Å²) >= 11 is 0. The van der Waals surface area contributed by atoms with Crippen LogP contribution in [0.15, 0.2) is 29.2 Å². The molecule has 2 heterocycles. The predicted molar refractivity (Wildman–Crippen MR) is 114 cm³/mol. The Bertz CT molecular complexity index is 827. The zero-order valence-corrected chi connectivity index (χ0v) is 18.8. The number of nitrogens with zero attached hydrogens (tertiary/aromatic N) is 4. The Morgan fingerprint density at radius 3 is 2.50 bits per heavy atom. The lowest BCUT2D eigenvalue weighted by molar-refractivity contribution is -0.133. The molecule has 0 aromatic heterocycles. The van der Waals surface area contributed by atoms with Crippen molar-refractivity contribution in [3.63, 3.8) is 0 Å². The highest BCUT2D eigenvalue weighted by atomic mass is 32.2. The van der Waals surface area contributed by atoms with Crippen LogP contribution in [0.5, 0.6) is 0 Å². The summed E-state index contributed by atoms with van der Waals surface area (Å²) in [6.45, 7) is 3.35. The zero-order chi connectivity index (χ0) is 21.7. The van der Waals surface area contributed by atoms with Crippen LogP contribution in [0.2, 0.25) is 0 Å². The third-order valence-corrected chi connectivity index (χ3v) is 8.15. The van der Waals surface area contributed by atoms with Crippen molar-refractivity contribution in [2.24, 2.45) is 0 Å². The molecule has 3 rings (SSSR count). The SMILES string of the molecule is CN(CC[C@@H]1CCCCN1C)CC(=O)N1CCN(S(=O)(=O)c2ccccc2F)CC1. The second-order valence-electron chi connectivity index (χ2n) is 8.37. The van der Waals surface area contributed by atoms with E-state index in [9.17, 15) is 17.6 Å². The van der Waals surface area contributed by atoms with Gasteiger partial charge in [-0.25, -0.2) is 12.8 Å². The molecule has 0 saturated carbocycles. The maximum absolute atomic E-state index is 13.9. The van der Waals surface area contributed by atoms with Crippen LogP contribution in [0.25, 0.3) is 0 Å². The van der Waals surface area contributed by atoms with Gasteiger partial charge in [0.1, 0.15) is 10.7 Å². The van der Waals surface area contributed by atoms with Crippen LogP contribution in [0.1, 0.15) is 25.7 Å². The van der Waals surface area contributed by atoms with Gasteiger partial charge in [0.25, 0.3) is 0 Å². The first kappa shape index (κ1) is 23.1. The van der Waals surface area contributed by atoms with Crippen LogP contribution in [0, 0.1) is 5.82 Å². The number of piperazine rings is 1. The summed E-state index contributed by atoms with van der Waals surface area (Å²) in [4.78, 5) is 18.5. The largest absolute Gasteiger partial charge is 0.339 e. The van der Waals surface area contributed by atoms with Crippen molar-refractivity contribution in [2.45, 2.75) is 36.6 Å². The summed E-state index contributed by atoms with van der Waals surface area (Å²) in [6, 6.07) is 5.99. The number of hydrogen-bond donors (Lipinski definition) is 0. The second-order valence-corrected chi connectivity index (χ2v) is 10.3. The van der Waals surface area contributed by atoms with E-state index in [0.717, 1.165) is 25.6 Å². The Hall–Kier alpha value is -1.55. The molecular formula is C21H33FN4O3S. The second kappa shape index (κ2) is 10.2. The summed E-state index contributed by atoms with van der Waals surface area (Å²) in [6.07, 6.45) is 4.81. The van der Waals surface area contributed by atoms with E-state index < -0.39 is 15.8 Å². The molecule has 168 valence electrons. The number of carbonyl (C=O) groups is 1. The third kappa shape index (κ3) is 5.57.